The van der Waals surface area contributed by atoms with Crippen LogP contribution in [-0.2, 0) is 0 Å². The van der Waals surface area contributed by atoms with Gasteiger partial charge in [-0.15, -0.1) is 0 Å². The number of aromatic nitrogens is 1. The molecule has 1 aliphatic heterocycles. The number of hydrogen-bond acceptors (Lipinski definition) is 6. The number of nitrogens with one attached hydrogen (secondary N) is 2. The largest absolute Gasteiger partial charge is 0.504 e. The Morgan fingerprint density at radius 3 is 2.69 bits per heavy atom. The number of amides is 2. The highest BCUT2D eigenvalue weighted by atomic mass is 16.5. The van der Waals surface area contributed by atoms with E-state index in [9.17, 15) is 14.7 Å². The van der Waals surface area contributed by atoms with Gasteiger partial charge in [0.15, 0.2) is 11.5 Å². The minimum atomic E-state index is -0.710. The van der Waals surface area contributed by atoms with Crippen molar-refractivity contribution in [2.24, 2.45) is 0 Å². The van der Waals surface area contributed by atoms with Crippen LogP contribution in [0, 0.1) is 0 Å². The predicted octanol–water partition coefficient (Wildman–Crippen LogP) is 2.71. The topological polar surface area (TPSA) is 104 Å². The van der Waals surface area contributed by atoms with Crippen LogP contribution < -0.4 is 15.5 Å². The number of nitrogens with zero attached hydrogens (tertiary/aromatic N) is 2. The van der Waals surface area contributed by atoms with E-state index >= 15 is 0 Å². The minimum absolute atomic E-state index is 0.0221. The number of benzene rings is 2. The molecule has 1 aromatic heterocycles. The zero-order valence-electron chi connectivity index (χ0n) is 15.5. The first-order valence-corrected chi connectivity index (χ1v) is 8.85. The molecule has 0 saturated heterocycles. The number of aromatic hydroxyl groups is 1. The third-order valence-electron chi connectivity index (χ3n) is 4.61. The first-order chi connectivity index (χ1) is 14.1. The van der Waals surface area contributed by atoms with Gasteiger partial charge in [0.05, 0.1) is 12.7 Å². The Balaban J connectivity index is 1.74. The number of phenolic OH excluding ortho intramolecular Hbond substituents is 1. The number of phenols is 1. The lowest BCUT2D eigenvalue weighted by atomic mass is 10.0. The number of carbonyl (C=O) groups is 2. The quantitative estimate of drug-likeness (QED) is 0.633. The summed E-state index contributed by atoms with van der Waals surface area (Å²) in [6, 6.07) is 14.9. The van der Waals surface area contributed by atoms with Crippen molar-refractivity contribution in [2.75, 3.05) is 12.4 Å². The van der Waals surface area contributed by atoms with Gasteiger partial charge in [-0.2, -0.15) is 0 Å². The van der Waals surface area contributed by atoms with Crippen LogP contribution in [0.15, 0.2) is 67.0 Å². The number of pyridine rings is 1. The average Bonchev–Trinajstić information content (AvgIpc) is 2.76. The number of carbonyl (C=O) groups excluding carboxylic acids is 2. The maximum Gasteiger partial charge on any atom is 0.276 e. The lowest BCUT2D eigenvalue weighted by molar-refractivity contribution is 0.0490. The van der Waals surface area contributed by atoms with Gasteiger partial charge < -0.3 is 15.2 Å². The molecule has 1 aliphatic rings. The number of anilines is 1. The van der Waals surface area contributed by atoms with Gasteiger partial charge in [0, 0.05) is 29.2 Å². The van der Waals surface area contributed by atoms with E-state index in [4.69, 9.17) is 4.74 Å². The molecule has 3 N–H and O–H groups in total. The summed E-state index contributed by atoms with van der Waals surface area (Å²) in [5.41, 5.74) is 4.75. The van der Waals surface area contributed by atoms with Gasteiger partial charge in [-0.3, -0.25) is 20.0 Å². The van der Waals surface area contributed by atoms with Crippen LogP contribution in [0.3, 0.4) is 0 Å². The molecule has 1 unspecified atom stereocenters. The molecule has 8 heteroatoms. The maximum atomic E-state index is 13.2. The molecular weight excluding hydrogens is 372 g/mol. The summed E-state index contributed by atoms with van der Waals surface area (Å²) in [6.45, 7) is 0. The van der Waals surface area contributed by atoms with Crippen LogP contribution in [-0.4, -0.2) is 34.0 Å². The van der Waals surface area contributed by atoms with Crippen molar-refractivity contribution in [1.82, 2.24) is 15.4 Å². The van der Waals surface area contributed by atoms with Crippen molar-refractivity contribution in [3.63, 3.8) is 0 Å². The van der Waals surface area contributed by atoms with Crippen molar-refractivity contribution in [3.05, 3.63) is 83.7 Å². The van der Waals surface area contributed by atoms with E-state index in [1.54, 1.807) is 42.5 Å². The van der Waals surface area contributed by atoms with Crippen LogP contribution in [0.4, 0.5) is 5.69 Å². The van der Waals surface area contributed by atoms with Gasteiger partial charge in [0.1, 0.15) is 6.17 Å². The third-order valence-corrected chi connectivity index (χ3v) is 4.61. The second-order valence-corrected chi connectivity index (χ2v) is 6.38. The fourth-order valence-corrected chi connectivity index (χ4v) is 3.14. The van der Waals surface area contributed by atoms with Crippen molar-refractivity contribution in [2.45, 2.75) is 6.17 Å². The van der Waals surface area contributed by atoms with Crippen LogP contribution in [0.1, 0.15) is 32.4 Å². The van der Waals surface area contributed by atoms with Crippen LogP contribution in [0.25, 0.3) is 0 Å². The first kappa shape index (κ1) is 18.3. The second kappa shape index (κ2) is 7.51. The SMILES string of the molecule is COc1cc(C2Nc3ccccc3C(=O)N2NC(=O)c2ccncc2)ccc1O. The van der Waals surface area contributed by atoms with E-state index in [0.29, 0.717) is 22.4 Å². The number of fused-ring (bicyclic) bond motifs is 1. The Morgan fingerprint density at radius 2 is 1.93 bits per heavy atom. The summed E-state index contributed by atoms with van der Waals surface area (Å²) >= 11 is 0. The standard InChI is InChI=1S/C21H18N4O4/c1-29-18-12-14(6-7-17(18)26)19-23-16-5-3-2-4-15(16)21(28)25(19)24-20(27)13-8-10-22-11-9-13/h2-12,19,23,26H,1H3,(H,24,27). The van der Waals surface area contributed by atoms with E-state index in [1.807, 2.05) is 6.07 Å². The minimum Gasteiger partial charge on any atom is -0.504 e. The Bertz CT molecular complexity index is 1070. The summed E-state index contributed by atoms with van der Waals surface area (Å²) in [4.78, 5) is 29.8. The van der Waals surface area contributed by atoms with Gasteiger partial charge in [-0.25, -0.2) is 5.01 Å². The monoisotopic (exact) mass is 390 g/mol. The van der Waals surface area contributed by atoms with E-state index in [-0.39, 0.29) is 17.4 Å². The normalized spacial score (nSPS) is 15.3. The number of hydrogen-bond donors (Lipinski definition) is 3. The highest BCUT2D eigenvalue weighted by Crippen LogP contribution is 2.35. The third kappa shape index (κ3) is 3.43. The van der Waals surface area contributed by atoms with Crippen molar-refractivity contribution in [3.8, 4) is 11.5 Å². The number of rotatable bonds is 4. The predicted molar refractivity (Wildman–Crippen MR) is 105 cm³/mol. The molecule has 146 valence electrons. The Hall–Kier alpha value is -4.07. The Labute approximate surface area is 166 Å². The molecule has 0 radical (unpaired) electrons. The maximum absolute atomic E-state index is 13.2. The van der Waals surface area contributed by atoms with E-state index in [1.165, 1.54) is 30.6 Å². The Morgan fingerprint density at radius 1 is 1.17 bits per heavy atom. The van der Waals surface area contributed by atoms with E-state index in [0.717, 1.165) is 0 Å². The van der Waals surface area contributed by atoms with Crippen molar-refractivity contribution < 1.29 is 19.4 Å². The fourth-order valence-electron chi connectivity index (χ4n) is 3.14. The van der Waals surface area contributed by atoms with Gasteiger partial charge in [-0.05, 0) is 36.4 Å². The fraction of sp³-hybridized carbons (Fsp3) is 0.0952. The molecule has 4 rings (SSSR count). The molecule has 0 spiro atoms. The molecule has 0 saturated carbocycles. The average molecular weight is 390 g/mol. The molecule has 0 aliphatic carbocycles. The number of methoxy groups -OCH3 is 1. The van der Waals surface area contributed by atoms with Crippen molar-refractivity contribution >= 4 is 17.5 Å². The van der Waals surface area contributed by atoms with Crippen molar-refractivity contribution in [1.29, 1.82) is 0 Å². The molecule has 3 aromatic rings. The van der Waals surface area contributed by atoms with Gasteiger partial charge in [-0.1, -0.05) is 18.2 Å². The van der Waals surface area contributed by atoms with Gasteiger partial charge in [0.2, 0.25) is 0 Å². The molecule has 2 amide bonds. The van der Waals surface area contributed by atoms with Crippen LogP contribution in [0.2, 0.25) is 0 Å². The lowest BCUT2D eigenvalue weighted by Crippen LogP contribution is -2.52. The lowest BCUT2D eigenvalue weighted by Gasteiger charge is -2.37. The van der Waals surface area contributed by atoms with Gasteiger partial charge in [0.25, 0.3) is 11.8 Å². The number of para-hydroxylation sites is 1. The molecule has 2 heterocycles. The summed E-state index contributed by atoms with van der Waals surface area (Å²) in [5, 5.41) is 14.4. The summed E-state index contributed by atoms with van der Waals surface area (Å²) in [5.74, 6) is -0.571. The number of hydrazine groups is 1. The van der Waals surface area contributed by atoms with Crippen LogP contribution in [0.5, 0.6) is 11.5 Å². The summed E-state index contributed by atoms with van der Waals surface area (Å²) in [6.07, 6.45) is 2.30. The molecule has 0 fully saturated rings. The highest BCUT2D eigenvalue weighted by Gasteiger charge is 2.34. The second-order valence-electron chi connectivity index (χ2n) is 6.38. The zero-order valence-corrected chi connectivity index (χ0v) is 15.5. The molecule has 1 atom stereocenters. The highest BCUT2D eigenvalue weighted by molar-refractivity contribution is 6.03. The van der Waals surface area contributed by atoms with Gasteiger partial charge >= 0.3 is 0 Å². The smallest absolute Gasteiger partial charge is 0.276 e. The first-order valence-electron chi connectivity index (χ1n) is 8.85. The molecule has 8 nitrogen and oxygen atoms in total. The van der Waals surface area contributed by atoms with E-state index in [2.05, 4.69) is 15.7 Å². The zero-order chi connectivity index (χ0) is 20.4. The molecule has 2 aromatic carbocycles. The summed E-state index contributed by atoms with van der Waals surface area (Å²) < 4.78 is 5.18. The van der Waals surface area contributed by atoms with Crippen LogP contribution >= 0.6 is 0 Å². The molecular formula is C21H18N4O4. The summed E-state index contributed by atoms with van der Waals surface area (Å²) in [7, 11) is 1.44. The molecule has 0 bridgehead atoms. The van der Waals surface area contributed by atoms with E-state index < -0.39 is 12.1 Å². The Kier molecular flexibility index (Phi) is 4.74. The number of ether oxygens (including phenoxy) is 1. The molecule has 29 heavy (non-hydrogen) atoms.